The number of aromatic nitrogens is 4. The average molecular weight is 357 g/mol. The Bertz CT molecular complexity index is 1050. The Morgan fingerprint density at radius 1 is 1.27 bits per heavy atom. The Labute approximate surface area is 149 Å². The molecule has 0 fully saturated rings. The monoisotopic (exact) mass is 357 g/mol. The molecule has 3 aromatic rings. The molecule has 0 aliphatic carbocycles. The minimum atomic E-state index is -0.543. The van der Waals surface area contributed by atoms with Crippen LogP contribution in [-0.4, -0.2) is 25.5 Å². The normalized spacial score (nSPS) is 11.7. The molecule has 136 valence electrons. The van der Waals surface area contributed by atoms with Crippen molar-refractivity contribution in [3.63, 3.8) is 0 Å². The van der Waals surface area contributed by atoms with Gasteiger partial charge in [-0.05, 0) is 39.8 Å². The molecule has 0 saturated carbocycles. The van der Waals surface area contributed by atoms with Gasteiger partial charge in [0.1, 0.15) is 17.9 Å². The molecule has 0 radical (unpaired) electrons. The van der Waals surface area contributed by atoms with Gasteiger partial charge in [0.15, 0.2) is 0 Å². The topological polar surface area (TPSA) is 81.8 Å². The van der Waals surface area contributed by atoms with E-state index in [9.17, 15) is 14.0 Å². The fourth-order valence-corrected chi connectivity index (χ4v) is 2.73. The molecule has 0 aliphatic heterocycles. The van der Waals surface area contributed by atoms with E-state index in [4.69, 9.17) is 0 Å². The number of amides is 1. The summed E-state index contributed by atoms with van der Waals surface area (Å²) >= 11 is 0. The zero-order chi connectivity index (χ0) is 19.1. The van der Waals surface area contributed by atoms with Crippen LogP contribution in [-0.2, 0) is 16.9 Å². The molecule has 2 heterocycles. The number of nitrogens with one attached hydrogen (secondary N) is 1. The number of aryl methyl sites for hydroxylation is 1. The fourth-order valence-electron chi connectivity index (χ4n) is 2.73. The second-order valence-corrected chi connectivity index (χ2v) is 7.07. The van der Waals surface area contributed by atoms with E-state index < -0.39 is 22.8 Å². The predicted molar refractivity (Wildman–Crippen MR) is 96.6 cm³/mol. The van der Waals surface area contributed by atoms with Crippen molar-refractivity contribution in [1.82, 2.24) is 19.6 Å². The van der Waals surface area contributed by atoms with Gasteiger partial charge in [-0.25, -0.2) is 9.07 Å². The van der Waals surface area contributed by atoms with Crippen molar-refractivity contribution >= 4 is 22.5 Å². The van der Waals surface area contributed by atoms with Crippen LogP contribution in [0, 0.1) is 12.7 Å². The minimum absolute atomic E-state index is 0.0584. The molecule has 0 atom stereocenters. The van der Waals surface area contributed by atoms with Crippen LogP contribution in [0.5, 0.6) is 0 Å². The van der Waals surface area contributed by atoms with Gasteiger partial charge in [0.2, 0.25) is 5.91 Å². The summed E-state index contributed by atoms with van der Waals surface area (Å²) in [5.41, 5.74) is 0.226. The molecule has 0 unspecified atom stereocenters. The number of halogens is 1. The van der Waals surface area contributed by atoms with Crippen molar-refractivity contribution < 1.29 is 9.18 Å². The second kappa shape index (κ2) is 6.36. The number of nitrogens with zero attached hydrogens (tertiary/aromatic N) is 4. The molecule has 7 nitrogen and oxygen atoms in total. The SMILES string of the molecule is Cc1nn(CC(=O)Nc2ccccc2F)c(=O)c2c1cnn2C(C)(C)C. The predicted octanol–water partition coefficient (Wildman–Crippen LogP) is 2.43. The maximum Gasteiger partial charge on any atom is 0.293 e. The molecule has 0 bridgehead atoms. The van der Waals surface area contributed by atoms with E-state index in [1.807, 2.05) is 20.8 Å². The summed E-state index contributed by atoms with van der Waals surface area (Å²) in [6, 6.07) is 5.84. The van der Waals surface area contributed by atoms with Gasteiger partial charge in [0.25, 0.3) is 5.56 Å². The Morgan fingerprint density at radius 3 is 2.62 bits per heavy atom. The molecule has 2 aromatic heterocycles. The van der Waals surface area contributed by atoms with Gasteiger partial charge in [-0.15, -0.1) is 0 Å². The number of carbonyl (C=O) groups is 1. The number of carbonyl (C=O) groups excluding carboxylic acids is 1. The highest BCUT2D eigenvalue weighted by atomic mass is 19.1. The maximum absolute atomic E-state index is 13.7. The van der Waals surface area contributed by atoms with E-state index in [2.05, 4.69) is 15.5 Å². The van der Waals surface area contributed by atoms with Gasteiger partial charge in [0, 0.05) is 5.39 Å². The molecule has 1 aromatic carbocycles. The van der Waals surface area contributed by atoms with Crippen LogP contribution >= 0.6 is 0 Å². The van der Waals surface area contributed by atoms with Gasteiger partial charge in [-0.1, -0.05) is 12.1 Å². The molecule has 1 amide bonds. The lowest BCUT2D eigenvalue weighted by Crippen LogP contribution is -2.33. The van der Waals surface area contributed by atoms with Gasteiger partial charge in [-0.2, -0.15) is 10.2 Å². The van der Waals surface area contributed by atoms with Crippen molar-refractivity contribution in [2.45, 2.75) is 39.8 Å². The lowest BCUT2D eigenvalue weighted by Gasteiger charge is -2.20. The highest BCUT2D eigenvalue weighted by molar-refractivity contribution is 5.90. The molecular weight excluding hydrogens is 337 g/mol. The minimum Gasteiger partial charge on any atom is -0.322 e. The molecule has 26 heavy (non-hydrogen) atoms. The average Bonchev–Trinajstić information content (AvgIpc) is 3.00. The molecule has 3 rings (SSSR count). The number of rotatable bonds is 3. The zero-order valence-electron chi connectivity index (χ0n) is 15.1. The Kier molecular flexibility index (Phi) is 4.35. The number of hydrogen-bond acceptors (Lipinski definition) is 4. The van der Waals surface area contributed by atoms with E-state index in [1.165, 1.54) is 18.2 Å². The first-order chi connectivity index (χ1) is 12.2. The summed E-state index contributed by atoms with van der Waals surface area (Å²) in [4.78, 5) is 25.1. The van der Waals surface area contributed by atoms with Gasteiger partial charge < -0.3 is 5.32 Å². The van der Waals surface area contributed by atoms with Crippen LogP contribution in [0.25, 0.3) is 10.9 Å². The van der Waals surface area contributed by atoms with Crippen LogP contribution in [0.4, 0.5) is 10.1 Å². The molecule has 0 spiro atoms. The van der Waals surface area contributed by atoms with E-state index in [0.29, 0.717) is 16.6 Å². The van der Waals surface area contributed by atoms with Gasteiger partial charge in [-0.3, -0.25) is 14.3 Å². The third kappa shape index (κ3) is 3.22. The Balaban J connectivity index is 1.98. The number of anilines is 1. The Hall–Kier alpha value is -3.03. The lowest BCUT2D eigenvalue weighted by atomic mass is 10.1. The van der Waals surface area contributed by atoms with E-state index in [1.54, 1.807) is 23.9 Å². The summed E-state index contributed by atoms with van der Waals surface area (Å²) in [5, 5.41) is 11.6. The third-order valence-electron chi connectivity index (χ3n) is 3.94. The van der Waals surface area contributed by atoms with Crippen molar-refractivity contribution in [2.24, 2.45) is 0 Å². The van der Waals surface area contributed by atoms with E-state index >= 15 is 0 Å². The van der Waals surface area contributed by atoms with Crippen molar-refractivity contribution in [3.05, 3.63) is 52.3 Å². The summed E-state index contributed by atoms with van der Waals surface area (Å²) < 4.78 is 16.4. The summed E-state index contributed by atoms with van der Waals surface area (Å²) in [6.07, 6.45) is 1.61. The third-order valence-corrected chi connectivity index (χ3v) is 3.94. The quantitative estimate of drug-likeness (QED) is 0.780. The van der Waals surface area contributed by atoms with Gasteiger partial charge >= 0.3 is 0 Å². The van der Waals surface area contributed by atoms with Gasteiger partial charge in [0.05, 0.1) is 23.1 Å². The molecule has 1 N–H and O–H groups in total. The first kappa shape index (κ1) is 17.8. The Morgan fingerprint density at radius 2 is 1.96 bits per heavy atom. The summed E-state index contributed by atoms with van der Waals surface area (Å²) in [6.45, 7) is 7.23. The smallest absolute Gasteiger partial charge is 0.293 e. The fraction of sp³-hybridized carbons (Fsp3) is 0.333. The number of benzene rings is 1. The first-order valence-electron chi connectivity index (χ1n) is 8.19. The lowest BCUT2D eigenvalue weighted by molar-refractivity contribution is -0.117. The van der Waals surface area contributed by atoms with E-state index in [0.717, 1.165) is 4.68 Å². The van der Waals surface area contributed by atoms with Crippen molar-refractivity contribution in [2.75, 3.05) is 5.32 Å². The highest BCUT2D eigenvalue weighted by Crippen LogP contribution is 2.20. The molecule has 0 aliphatic rings. The molecular formula is C18H20FN5O2. The molecule has 8 heteroatoms. The number of fused-ring (bicyclic) bond motifs is 1. The molecule has 0 saturated heterocycles. The number of para-hydroxylation sites is 1. The zero-order valence-corrected chi connectivity index (χ0v) is 15.1. The van der Waals surface area contributed by atoms with Crippen LogP contribution in [0.15, 0.2) is 35.3 Å². The van der Waals surface area contributed by atoms with Crippen molar-refractivity contribution in [1.29, 1.82) is 0 Å². The standard InChI is InChI=1S/C18H20FN5O2/c1-11-12-9-20-24(18(2,3)4)16(12)17(26)23(22-11)10-15(25)21-14-8-6-5-7-13(14)19/h5-9H,10H2,1-4H3,(H,21,25). The van der Waals surface area contributed by atoms with Crippen LogP contribution in [0.2, 0.25) is 0 Å². The van der Waals surface area contributed by atoms with Crippen LogP contribution in [0.1, 0.15) is 26.5 Å². The first-order valence-corrected chi connectivity index (χ1v) is 8.19. The van der Waals surface area contributed by atoms with Crippen LogP contribution in [0.3, 0.4) is 0 Å². The summed E-state index contributed by atoms with van der Waals surface area (Å²) in [5.74, 6) is -1.08. The maximum atomic E-state index is 13.7. The van der Waals surface area contributed by atoms with Crippen LogP contribution < -0.4 is 10.9 Å². The van der Waals surface area contributed by atoms with E-state index in [-0.39, 0.29) is 12.2 Å². The second-order valence-electron chi connectivity index (χ2n) is 7.07. The largest absolute Gasteiger partial charge is 0.322 e. The highest BCUT2D eigenvalue weighted by Gasteiger charge is 2.22. The van der Waals surface area contributed by atoms with Crippen molar-refractivity contribution in [3.8, 4) is 0 Å². The number of hydrogen-bond donors (Lipinski definition) is 1. The summed E-state index contributed by atoms with van der Waals surface area (Å²) in [7, 11) is 0.